The van der Waals surface area contributed by atoms with Gasteiger partial charge in [-0.3, -0.25) is 4.79 Å². The Kier molecular flexibility index (Phi) is 7.82. The summed E-state index contributed by atoms with van der Waals surface area (Å²) < 4.78 is 57.9. The van der Waals surface area contributed by atoms with E-state index in [4.69, 9.17) is 4.74 Å². The highest BCUT2D eigenvalue weighted by Crippen LogP contribution is 2.36. The zero-order valence-corrected chi connectivity index (χ0v) is 19.6. The van der Waals surface area contributed by atoms with Crippen molar-refractivity contribution < 1.29 is 32.2 Å². The summed E-state index contributed by atoms with van der Waals surface area (Å²) in [5, 5.41) is 10.1. The molecule has 0 aromatic heterocycles. The predicted octanol–water partition coefficient (Wildman–Crippen LogP) is 6.47. The lowest BCUT2D eigenvalue weighted by atomic mass is 9.90. The number of phenolic OH excluding ortho intramolecular Hbond substituents is 1. The van der Waals surface area contributed by atoms with E-state index in [-0.39, 0.29) is 18.3 Å². The third kappa shape index (κ3) is 6.36. The van der Waals surface area contributed by atoms with Crippen molar-refractivity contribution in [1.29, 1.82) is 0 Å². The quantitative estimate of drug-likeness (QED) is 0.378. The minimum Gasteiger partial charge on any atom is -0.507 e. The number of alkyl halides is 3. The van der Waals surface area contributed by atoms with Crippen molar-refractivity contribution in [3.8, 4) is 22.6 Å². The van der Waals surface area contributed by atoms with Crippen LogP contribution in [0.1, 0.15) is 30.4 Å². The van der Waals surface area contributed by atoms with Crippen LogP contribution in [0.3, 0.4) is 0 Å². The predicted molar refractivity (Wildman–Crippen MR) is 128 cm³/mol. The molecule has 0 unspecified atom stereocenters. The van der Waals surface area contributed by atoms with Gasteiger partial charge in [0.2, 0.25) is 0 Å². The lowest BCUT2D eigenvalue weighted by molar-refractivity contribution is -0.137. The van der Waals surface area contributed by atoms with Gasteiger partial charge in [0.1, 0.15) is 17.3 Å². The maximum Gasteiger partial charge on any atom is 0.416 e. The average Bonchev–Trinajstić information content (AvgIpc) is 2.86. The van der Waals surface area contributed by atoms with Crippen LogP contribution in [0, 0.1) is 11.7 Å². The number of para-hydroxylation sites is 1. The Bertz CT molecular complexity index is 1200. The Morgan fingerprint density at radius 3 is 2.44 bits per heavy atom. The topological polar surface area (TPSA) is 49.8 Å². The summed E-state index contributed by atoms with van der Waals surface area (Å²) >= 11 is 0. The molecular weight excluding hydrogens is 474 g/mol. The van der Waals surface area contributed by atoms with E-state index in [0.717, 1.165) is 31.4 Å². The van der Waals surface area contributed by atoms with Crippen LogP contribution in [0.5, 0.6) is 11.5 Å². The molecule has 3 aromatic carbocycles. The first kappa shape index (κ1) is 25.5. The number of phenols is 1. The zero-order chi connectivity index (χ0) is 25.7. The van der Waals surface area contributed by atoms with Gasteiger partial charge >= 0.3 is 6.18 Å². The average molecular weight is 502 g/mol. The highest BCUT2D eigenvalue weighted by atomic mass is 19.4. The number of benzene rings is 3. The lowest BCUT2D eigenvalue weighted by Crippen LogP contribution is -2.41. The summed E-state index contributed by atoms with van der Waals surface area (Å²) in [5.74, 6) is -0.187. The van der Waals surface area contributed by atoms with Crippen molar-refractivity contribution in [2.75, 3.05) is 19.7 Å². The van der Waals surface area contributed by atoms with Crippen LogP contribution in [0.2, 0.25) is 0 Å². The van der Waals surface area contributed by atoms with E-state index in [1.807, 2.05) is 0 Å². The molecule has 4 rings (SSSR count). The molecule has 1 heterocycles. The zero-order valence-electron chi connectivity index (χ0n) is 19.6. The first-order valence-electron chi connectivity index (χ1n) is 11.9. The molecule has 190 valence electrons. The third-order valence-corrected chi connectivity index (χ3v) is 6.55. The van der Waals surface area contributed by atoms with Gasteiger partial charge < -0.3 is 14.7 Å². The molecule has 0 saturated carbocycles. The number of piperidine rings is 1. The number of aromatic hydroxyl groups is 1. The Morgan fingerprint density at radius 1 is 0.972 bits per heavy atom. The van der Waals surface area contributed by atoms with Crippen LogP contribution in [-0.2, 0) is 17.4 Å². The van der Waals surface area contributed by atoms with E-state index in [9.17, 15) is 27.5 Å². The van der Waals surface area contributed by atoms with Crippen LogP contribution in [0.25, 0.3) is 11.1 Å². The molecule has 0 bridgehead atoms. The number of aryl methyl sites for hydroxylation is 1. The Hall–Kier alpha value is -3.55. The summed E-state index contributed by atoms with van der Waals surface area (Å²) in [4.78, 5) is 14.5. The van der Waals surface area contributed by atoms with Gasteiger partial charge in [0.15, 0.2) is 6.61 Å². The number of carbonyl (C=O) groups is 1. The normalized spacial score (nSPS) is 14.6. The molecule has 0 radical (unpaired) electrons. The molecule has 1 saturated heterocycles. The highest BCUT2D eigenvalue weighted by molar-refractivity contribution is 5.79. The van der Waals surface area contributed by atoms with Gasteiger partial charge in [-0.2, -0.15) is 13.2 Å². The fourth-order valence-corrected chi connectivity index (χ4v) is 4.52. The maximum absolute atomic E-state index is 13.4. The van der Waals surface area contributed by atoms with Crippen molar-refractivity contribution >= 4 is 5.91 Å². The number of ether oxygens (including phenoxy) is 1. The molecule has 0 spiro atoms. The number of halogens is 4. The summed E-state index contributed by atoms with van der Waals surface area (Å²) in [6.07, 6.45) is -1.44. The first-order chi connectivity index (χ1) is 17.2. The van der Waals surface area contributed by atoms with E-state index >= 15 is 0 Å². The van der Waals surface area contributed by atoms with E-state index in [1.165, 1.54) is 24.3 Å². The minimum atomic E-state index is -4.34. The van der Waals surface area contributed by atoms with Gasteiger partial charge in [-0.05, 0) is 61.4 Å². The molecular formula is C28H27F4NO3. The number of amides is 1. The van der Waals surface area contributed by atoms with Crippen molar-refractivity contribution in [3.05, 3.63) is 83.7 Å². The Labute approximate surface area is 207 Å². The van der Waals surface area contributed by atoms with Crippen LogP contribution < -0.4 is 4.74 Å². The number of carbonyl (C=O) groups excluding carboxylic acids is 1. The molecule has 36 heavy (non-hydrogen) atoms. The first-order valence-corrected chi connectivity index (χ1v) is 11.9. The molecule has 8 heteroatoms. The van der Waals surface area contributed by atoms with E-state index in [1.54, 1.807) is 35.2 Å². The second-order valence-corrected chi connectivity index (χ2v) is 9.01. The molecule has 1 aliphatic rings. The number of hydrogen-bond acceptors (Lipinski definition) is 3. The van der Waals surface area contributed by atoms with Crippen LogP contribution in [-0.4, -0.2) is 35.6 Å². The van der Waals surface area contributed by atoms with Crippen LogP contribution in [0.4, 0.5) is 17.6 Å². The monoisotopic (exact) mass is 501 g/mol. The fraction of sp³-hybridized carbons (Fsp3) is 0.321. The van der Waals surface area contributed by atoms with Gasteiger partial charge in [-0.15, -0.1) is 0 Å². The van der Waals surface area contributed by atoms with Gasteiger partial charge in [0.05, 0.1) is 5.56 Å². The van der Waals surface area contributed by atoms with Gasteiger partial charge in [0, 0.05) is 30.3 Å². The largest absolute Gasteiger partial charge is 0.507 e. The summed E-state index contributed by atoms with van der Waals surface area (Å²) in [7, 11) is 0. The summed E-state index contributed by atoms with van der Waals surface area (Å²) in [6, 6.07) is 16.1. The van der Waals surface area contributed by atoms with Crippen molar-refractivity contribution in [1.82, 2.24) is 4.90 Å². The van der Waals surface area contributed by atoms with E-state index in [0.29, 0.717) is 47.9 Å². The minimum absolute atomic E-state index is 0.163. The maximum atomic E-state index is 13.4. The SMILES string of the molecule is O=C(COc1ccccc1-c1ccc(F)cc1O)N1CCC(CCc2cccc(C(F)(F)F)c2)CC1. The number of rotatable bonds is 7. The summed E-state index contributed by atoms with van der Waals surface area (Å²) in [5.41, 5.74) is 0.997. The molecule has 3 aromatic rings. The second-order valence-electron chi connectivity index (χ2n) is 9.01. The molecule has 1 amide bonds. The molecule has 4 nitrogen and oxygen atoms in total. The number of nitrogens with zero attached hydrogens (tertiary/aromatic N) is 1. The Balaban J connectivity index is 1.28. The smallest absolute Gasteiger partial charge is 0.416 e. The van der Waals surface area contributed by atoms with Crippen molar-refractivity contribution in [3.63, 3.8) is 0 Å². The van der Waals surface area contributed by atoms with Crippen molar-refractivity contribution in [2.24, 2.45) is 5.92 Å². The van der Waals surface area contributed by atoms with Crippen LogP contribution in [0.15, 0.2) is 66.7 Å². The molecule has 1 N–H and O–H groups in total. The third-order valence-electron chi connectivity index (χ3n) is 6.55. The number of hydrogen-bond donors (Lipinski definition) is 1. The van der Waals surface area contributed by atoms with Gasteiger partial charge in [-0.1, -0.05) is 36.4 Å². The highest BCUT2D eigenvalue weighted by Gasteiger charge is 2.30. The standard InChI is InChI=1S/C28H27F4NO3/c29-22-10-11-23(25(34)17-22)24-6-1-2-7-26(24)36-18-27(35)33-14-12-19(13-15-33)8-9-20-4-3-5-21(16-20)28(30,31)32/h1-7,10-11,16-17,19,34H,8-9,12-15,18H2. The van der Waals surface area contributed by atoms with Gasteiger partial charge in [0.25, 0.3) is 5.91 Å². The van der Waals surface area contributed by atoms with E-state index in [2.05, 4.69) is 0 Å². The van der Waals surface area contributed by atoms with E-state index < -0.39 is 17.6 Å². The molecule has 1 fully saturated rings. The van der Waals surface area contributed by atoms with Crippen LogP contribution >= 0.6 is 0 Å². The van der Waals surface area contributed by atoms with Gasteiger partial charge in [-0.25, -0.2) is 4.39 Å². The molecule has 0 atom stereocenters. The fourth-order valence-electron chi connectivity index (χ4n) is 4.52. The van der Waals surface area contributed by atoms with Crippen molar-refractivity contribution in [2.45, 2.75) is 31.9 Å². The molecule has 0 aliphatic carbocycles. The Morgan fingerprint density at radius 2 is 1.72 bits per heavy atom. The summed E-state index contributed by atoms with van der Waals surface area (Å²) in [6.45, 7) is 0.958. The lowest BCUT2D eigenvalue weighted by Gasteiger charge is -2.32. The molecule has 1 aliphatic heterocycles. The number of likely N-dealkylation sites (tertiary alicyclic amines) is 1. The second kappa shape index (κ2) is 11.0.